The Morgan fingerprint density at radius 2 is 1.84 bits per heavy atom. The van der Waals surface area contributed by atoms with Crippen molar-refractivity contribution in [3.8, 4) is 11.4 Å². The molecular weight excluding hydrogens is 388 g/mol. The zero-order valence-corrected chi connectivity index (χ0v) is 19.0. The van der Waals surface area contributed by atoms with Crippen LogP contribution in [0.3, 0.4) is 0 Å². The highest BCUT2D eigenvalue weighted by Crippen LogP contribution is 2.18. The lowest BCUT2D eigenvalue weighted by atomic mass is 10.0. The first-order chi connectivity index (χ1) is 15.2. The van der Waals surface area contributed by atoms with Gasteiger partial charge in [-0.05, 0) is 43.8 Å². The molecule has 170 valence electrons. The molecule has 2 heterocycles. The van der Waals surface area contributed by atoms with Gasteiger partial charge in [0.1, 0.15) is 0 Å². The number of hydrogen-bond donors (Lipinski definition) is 2. The summed E-state index contributed by atoms with van der Waals surface area (Å²) in [6, 6.07) is 8.43. The number of amides is 1. The van der Waals surface area contributed by atoms with Crippen molar-refractivity contribution in [2.45, 2.75) is 84.1 Å². The zero-order chi connectivity index (χ0) is 21.7. The minimum Gasteiger partial charge on any atom is -0.347 e. The van der Waals surface area contributed by atoms with Crippen molar-refractivity contribution >= 4 is 5.91 Å². The fourth-order valence-electron chi connectivity index (χ4n) is 4.12. The van der Waals surface area contributed by atoms with E-state index in [2.05, 4.69) is 52.0 Å². The number of nitrogens with zero attached hydrogens (tertiary/aromatic N) is 2. The molecule has 0 saturated carbocycles. The van der Waals surface area contributed by atoms with Crippen molar-refractivity contribution < 1.29 is 9.32 Å². The van der Waals surface area contributed by atoms with Gasteiger partial charge >= 0.3 is 0 Å². The van der Waals surface area contributed by atoms with Crippen LogP contribution in [-0.4, -0.2) is 29.1 Å². The molecule has 1 aromatic carbocycles. The maximum Gasteiger partial charge on any atom is 0.246 e. The van der Waals surface area contributed by atoms with Crippen LogP contribution >= 0.6 is 0 Å². The molecule has 1 aliphatic rings. The average molecular weight is 427 g/mol. The lowest BCUT2D eigenvalue weighted by molar-refractivity contribution is -0.122. The van der Waals surface area contributed by atoms with E-state index in [0.29, 0.717) is 24.1 Å². The molecule has 2 aromatic rings. The Balaban J connectivity index is 1.35. The second-order valence-corrected chi connectivity index (χ2v) is 8.77. The van der Waals surface area contributed by atoms with Gasteiger partial charge in [-0.2, -0.15) is 4.98 Å². The Hall–Kier alpha value is -2.21. The number of carbonyl (C=O) groups excluding carboxylic acids is 1. The van der Waals surface area contributed by atoms with Gasteiger partial charge < -0.3 is 15.2 Å². The van der Waals surface area contributed by atoms with Crippen molar-refractivity contribution in [2.24, 2.45) is 5.92 Å². The van der Waals surface area contributed by atoms with E-state index in [1.165, 1.54) is 56.9 Å². The number of benzene rings is 1. The maximum atomic E-state index is 12.0. The summed E-state index contributed by atoms with van der Waals surface area (Å²) in [7, 11) is 0. The summed E-state index contributed by atoms with van der Waals surface area (Å²) in [5, 5.41) is 10.2. The Bertz CT molecular complexity index is 766. The van der Waals surface area contributed by atoms with Crippen LogP contribution < -0.4 is 10.6 Å². The molecule has 1 amide bonds. The highest BCUT2D eigenvalue weighted by molar-refractivity contribution is 5.76. The fraction of sp³-hybridized carbons (Fsp3) is 0.640. The SMILES string of the molecule is CCCCCCCCCCc1ccc(-c2noc(CNC(=O)C[C@@H]3CCNC3)n2)cc1. The van der Waals surface area contributed by atoms with Crippen LogP contribution in [0.4, 0.5) is 0 Å². The third-order valence-electron chi connectivity index (χ3n) is 6.07. The van der Waals surface area contributed by atoms with E-state index < -0.39 is 0 Å². The van der Waals surface area contributed by atoms with Gasteiger partial charge in [-0.25, -0.2) is 0 Å². The van der Waals surface area contributed by atoms with Crippen molar-refractivity contribution in [3.63, 3.8) is 0 Å². The number of nitrogens with one attached hydrogen (secondary N) is 2. The standard InChI is InChI=1S/C25H38N4O2/c1-2-3-4-5-6-7-8-9-10-20-11-13-22(14-12-20)25-28-24(31-29-25)19-27-23(30)17-21-15-16-26-18-21/h11-14,21,26H,2-10,15-19H2,1H3,(H,27,30)/t21-/m0/s1. The Morgan fingerprint density at radius 1 is 1.10 bits per heavy atom. The molecule has 6 heteroatoms. The lowest BCUT2D eigenvalue weighted by Gasteiger charge is -2.07. The summed E-state index contributed by atoms with van der Waals surface area (Å²) in [5.74, 6) is 1.49. The highest BCUT2D eigenvalue weighted by atomic mass is 16.5. The molecule has 0 radical (unpaired) electrons. The summed E-state index contributed by atoms with van der Waals surface area (Å²) in [6.45, 7) is 4.47. The summed E-state index contributed by atoms with van der Waals surface area (Å²) < 4.78 is 5.31. The molecule has 1 saturated heterocycles. The Morgan fingerprint density at radius 3 is 2.55 bits per heavy atom. The smallest absolute Gasteiger partial charge is 0.246 e. The number of carbonyl (C=O) groups is 1. The Labute approximate surface area is 186 Å². The molecule has 1 fully saturated rings. The van der Waals surface area contributed by atoms with Crippen LogP contribution in [0.5, 0.6) is 0 Å². The van der Waals surface area contributed by atoms with E-state index in [1.807, 2.05) is 0 Å². The second-order valence-electron chi connectivity index (χ2n) is 8.77. The predicted molar refractivity (Wildman–Crippen MR) is 123 cm³/mol. The summed E-state index contributed by atoms with van der Waals surface area (Å²) in [6.07, 6.45) is 13.5. The number of aromatic nitrogens is 2. The molecule has 1 aromatic heterocycles. The van der Waals surface area contributed by atoms with E-state index in [4.69, 9.17) is 4.52 Å². The van der Waals surface area contributed by atoms with Gasteiger partial charge in [-0.1, -0.05) is 81.3 Å². The molecule has 6 nitrogen and oxygen atoms in total. The molecule has 1 aliphatic heterocycles. The van der Waals surface area contributed by atoms with Crippen LogP contribution in [0.2, 0.25) is 0 Å². The Kier molecular flexibility index (Phi) is 10.0. The molecule has 0 aliphatic carbocycles. The van der Waals surface area contributed by atoms with E-state index in [9.17, 15) is 4.79 Å². The third-order valence-corrected chi connectivity index (χ3v) is 6.07. The monoisotopic (exact) mass is 426 g/mol. The predicted octanol–water partition coefficient (Wildman–Crippen LogP) is 5.04. The van der Waals surface area contributed by atoms with E-state index in [-0.39, 0.29) is 12.5 Å². The topological polar surface area (TPSA) is 80.0 Å². The lowest BCUT2D eigenvalue weighted by Crippen LogP contribution is -2.26. The van der Waals surface area contributed by atoms with Gasteiger partial charge in [0.05, 0.1) is 6.54 Å². The summed E-state index contributed by atoms with van der Waals surface area (Å²) >= 11 is 0. The first-order valence-corrected chi connectivity index (χ1v) is 12.1. The largest absolute Gasteiger partial charge is 0.347 e. The molecule has 2 N–H and O–H groups in total. The zero-order valence-electron chi connectivity index (χ0n) is 19.0. The number of unbranched alkanes of at least 4 members (excludes halogenated alkanes) is 7. The molecule has 0 spiro atoms. The highest BCUT2D eigenvalue weighted by Gasteiger charge is 2.18. The van der Waals surface area contributed by atoms with Crippen molar-refractivity contribution in [3.05, 3.63) is 35.7 Å². The quantitative estimate of drug-likeness (QED) is 0.414. The first-order valence-electron chi connectivity index (χ1n) is 12.1. The number of rotatable bonds is 14. The molecule has 1 atom stereocenters. The normalized spacial score (nSPS) is 16.0. The average Bonchev–Trinajstić information content (AvgIpc) is 3.47. The number of hydrogen-bond acceptors (Lipinski definition) is 5. The van der Waals surface area contributed by atoms with Crippen molar-refractivity contribution in [1.82, 2.24) is 20.8 Å². The van der Waals surface area contributed by atoms with E-state index in [1.54, 1.807) is 0 Å². The van der Waals surface area contributed by atoms with Gasteiger partial charge in [0, 0.05) is 12.0 Å². The molecule has 0 bridgehead atoms. The summed E-state index contributed by atoms with van der Waals surface area (Å²) in [4.78, 5) is 16.5. The fourth-order valence-corrected chi connectivity index (χ4v) is 4.12. The second kappa shape index (κ2) is 13.3. The van der Waals surface area contributed by atoms with E-state index in [0.717, 1.165) is 31.5 Å². The summed E-state index contributed by atoms with van der Waals surface area (Å²) in [5.41, 5.74) is 2.30. The van der Waals surface area contributed by atoms with Crippen LogP contribution in [0, 0.1) is 5.92 Å². The van der Waals surface area contributed by atoms with Crippen molar-refractivity contribution in [2.75, 3.05) is 13.1 Å². The van der Waals surface area contributed by atoms with Crippen molar-refractivity contribution in [1.29, 1.82) is 0 Å². The maximum absolute atomic E-state index is 12.0. The van der Waals surface area contributed by atoms with Crippen LogP contribution in [0.25, 0.3) is 11.4 Å². The third kappa shape index (κ3) is 8.44. The van der Waals surface area contributed by atoms with Gasteiger partial charge in [0.2, 0.25) is 17.6 Å². The molecule has 31 heavy (non-hydrogen) atoms. The van der Waals surface area contributed by atoms with Gasteiger partial charge in [0.15, 0.2) is 0 Å². The van der Waals surface area contributed by atoms with E-state index >= 15 is 0 Å². The van der Waals surface area contributed by atoms with Gasteiger partial charge in [0.25, 0.3) is 0 Å². The van der Waals surface area contributed by atoms with Gasteiger partial charge in [-0.3, -0.25) is 4.79 Å². The molecule has 3 rings (SSSR count). The van der Waals surface area contributed by atoms with Gasteiger partial charge in [-0.15, -0.1) is 0 Å². The number of aryl methyl sites for hydroxylation is 1. The van der Waals surface area contributed by atoms with Crippen LogP contribution in [0.1, 0.15) is 82.6 Å². The molecule has 0 unspecified atom stereocenters. The first kappa shape index (κ1) is 23.5. The minimum atomic E-state index is 0.0405. The minimum absolute atomic E-state index is 0.0405. The molecular formula is C25H38N4O2. The van der Waals surface area contributed by atoms with Crippen LogP contribution in [-0.2, 0) is 17.8 Å². The van der Waals surface area contributed by atoms with Crippen LogP contribution in [0.15, 0.2) is 28.8 Å².